The second-order valence-corrected chi connectivity index (χ2v) is 7.13. The zero-order chi connectivity index (χ0) is 16.6. The molecule has 1 amide bonds. The van der Waals surface area contributed by atoms with Crippen LogP contribution in [0.5, 0.6) is 0 Å². The summed E-state index contributed by atoms with van der Waals surface area (Å²) in [6.45, 7) is 3.90. The molecule has 1 atom stereocenters. The summed E-state index contributed by atoms with van der Waals surface area (Å²) in [4.78, 5) is 17.1. The van der Waals surface area contributed by atoms with Crippen molar-refractivity contribution >= 4 is 11.4 Å². The largest absolute Gasteiger partial charge is 0.387 e. The number of aromatic nitrogens is 2. The van der Waals surface area contributed by atoms with Crippen molar-refractivity contribution in [2.24, 2.45) is 0 Å². The quantitative estimate of drug-likeness (QED) is 0.925. The smallest absolute Gasteiger partial charge is 0.257 e. The van der Waals surface area contributed by atoms with Gasteiger partial charge in [0.15, 0.2) is 0 Å². The van der Waals surface area contributed by atoms with Crippen molar-refractivity contribution in [1.29, 1.82) is 0 Å². The predicted octanol–water partition coefficient (Wildman–Crippen LogP) is 1.40. The van der Waals surface area contributed by atoms with Crippen molar-refractivity contribution < 1.29 is 9.90 Å². The summed E-state index contributed by atoms with van der Waals surface area (Å²) in [6, 6.07) is 5.71. The minimum Gasteiger partial charge on any atom is -0.387 e. The molecular weight excluding hydrogens is 304 g/mol. The number of nitrogens with zero attached hydrogens (tertiary/aromatic N) is 4. The van der Waals surface area contributed by atoms with E-state index in [1.54, 1.807) is 15.6 Å². The van der Waals surface area contributed by atoms with Crippen LogP contribution in [0.15, 0.2) is 30.6 Å². The Kier molecular flexibility index (Phi) is 4.02. The van der Waals surface area contributed by atoms with E-state index in [0.717, 1.165) is 31.4 Å². The number of likely N-dealkylation sites (tertiary alicyclic amines) is 2. The number of carbonyl (C=O) groups is 1. The molecule has 6 nitrogen and oxygen atoms in total. The van der Waals surface area contributed by atoms with Crippen LogP contribution in [0.3, 0.4) is 0 Å². The van der Waals surface area contributed by atoms with Gasteiger partial charge in [-0.15, -0.1) is 0 Å². The average molecular weight is 328 g/mol. The maximum Gasteiger partial charge on any atom is 0.257 e. The molecule has 2 aliphatic rings. The minimum absolute atomic E-state index is 0.0317. The molecule has 0 unspecified atom stereocenters. The van der Waals surface area contributed by atoms with Gasteiger partial charge < -0.3 is 14.9 Å². The molecule has 0 bridgehead atoms. The molecule has 2 aromatic rings. The Labute approximate surface area is 141 Å². The fourth-order valence-corrected chi connectivity index (χ4v) is 4.04. The summed E-state index contributed by atoms with van der Waals surface area (Å²) in [5.74, 6) is -0.0317. The zero-order valence-electron chi connectivity index (χ0n) is 13.9. The minimum atomic E-state index is -0.790. The van der Waals surface area contributed by atoms with Crippen molar-refractivity contribution in [3.05, 3.63) is 36.2 Å². The maximum atomic E-state index is 12.9. The highest BCUT2D eigenvalue weighted by molar-refractivity contribution is 6.00. The van der Waals surface area contributed by atoms with E-state index in [-0.39, 0.29) is 5.91 Å². The molecule has 2 saturated heterocycles. The average Bonchev–Trinajstić information content (AvgIpc) is 3.23. The fourth-order valence-electron chi connectivity index (χ4n) is 4.04. The van der Waals surface area contributed by atoms with Crippen LogP contribution < -0.4 is 0 Å². The van der Waals surface area contributed by atoms with Gasteiger partial charge in [-0.3, -0.25) is 4.79 Å². The van der Waals surface area contributed by atoms with Crippen molar-refractivity contribution in [2.75, 3.05) is 32.7 Å². The second-order valence-electron chi connectivity index (χ2n) is 7.13. The number of carbonyl (C=O) groups excluding carboxylic acids is 1. The summed E-state index contributed by atoms with van der Waals surface area (Å²) in [5.41, 5.74) is 0.637. The number of fused-ring (bicyclic) bond motifs is 1. The lowest BCUT2D eigenvalue weighted by Gasteiger charge is -2.41. The van der Waals surface area contributed by atoms with Crippen LogP contribution in [-0.4, -0.2) is 68.8 Å². The third-order valence-corrected chi connectivity index (χ3v) is 5.22. The first-order chi connectivity index (χ1) is 11.6. The normalized spacial score (nSPS) is 25.5. The van der Waals surface area contributed by atoms with Gasteiger partial charge in [-0.2, -0.15) is 5.10 Å². The first-order valence-corrected chi connectivity index (χ1v) is 8.81. The van der Waals surface area contributed by atoms with Crippen molar-refractivity contribution in [3.8, 4) is 0 Å². The molecule has 2 fully saturated rings. The predicted molar refractivity (Wildman–Crippen MR) is 91.0 cm³/mol. The Morgan fingerprint density at radius 2 is 2.04 bits per heavy atom. The molecule has 1 N–H and O–H groups in total. The highest BCUT2D eigenvalue weighted by Crippen LogP contribution is 2.26. The van der Waals surface area contributed by atoms with Crippen LogP contribution in [0.2, 0.25) is 0 Å². The molecule has 24 heavy (non-hydrogen) atoms. The Morgan fingerprint density at radius 3 is 2.88 bits per heavy atom. The molecule has 0 aromatic carbocycles. The van der Waals surface area contributed by atoms with Gasteiger partial charge in [-0.05, 0) is 50.9 Å². The Balaban J connectivity index is 1.51. The topological polar surface area (TPSA) is 61.1 Å². The number of rotatable bonds is 3. The standard InChI is InChI=1S/C18H24N4O2/c23-17(15-12-19-22-11-2-1-6-16(15)22)21-10-5-7-18(24,14-21)13-20-8-3-4-9-20/h1-2,6,11-12,24H,3-5,7-10,13-14H2/t18-/m0/s1. The van der Waals surface area contributed by atoms with Gasteiger partial charge in [0.05, 0.1) is 29.4 Å². The van der Waals surface area contributed by atoms with E-state index in [1.165, 1.54) is 12.8 Å². The highest BCUT2D eigenvalue weighted by Gasteiger charge is 2.37. The monoisotopic (exact) mass is 328 g/mol. The summed E-state index contributed by atoms with van der Waals surface area (Å²) < 4.78 is 1.72. The van der Waals surface area contributed by atoms with Crippen LogP contribution in [0, 0.1) is 0 Å². The van der Waals surface area contributed by atoms with Crippen molar-refractivity contribution in [3.63, 3.8) is 0 Å². The Morgan fingerprint density at radius 1 is 1.21 bits per heavy atom. The SMILES string of the molecule is O=C(c1cnn2ccccc12)N1CCC[C@](O)(CN2CCCC2)C1. The van der Waals surface area contributed by atoms with Gasteiger partial charge in [0.1, 0.15) is 0 Å². The summed E-state index contributed by atoms with van der Waals surface area (Å²) in [5, 5.41) is 15.3. The lowest BCUT2D eigenvalue weighted by Crippen LogP contribution is -2.55. The first-order valence-electron chi connectivity index (χ1n) is 8.81. The molecule has 4 heterocycles. The molecule has 0 aliphatic carbocycles. The van der Waals surface area contributed by atoms with E-state index < -0.39 is 5.60 Å². The number of piperidine rings is 1. The van der Waals surface area contributed by atoms with E-state index >= 15 is 0 Å². The van der Waals surface area contributed by atoms with Crippen LogP contribution in [0.4, 0.5) is 0 Å². The van der Waals surface area contributed by atoms with Gasteiger partial charge in [0.2, 0.25) is 0 Å². The van der Waals surface area contributed by atoms with Gasteiger partial charge in [0.25, 0.3) is 5.91 Å². The van der Waals surface area contributed by atoms with E-state index in [2.05, 4.69) is 10.00 Å². The van der Waals surface area contributed by atoms with Crippen LogP contribution in [-0.2, 0) is 0 Å². The van der Waals surface area contributed by atoms with Gasteiger partial charge in [-0.1, -0.05) is 6.07 Å². The van der Waals surface area contributed by atoms with E-state index in [9.17, 15) is 9.90 Å². The van der Waals surface area contributed by atoms with Gasteiger partial charge >= 0.3 is 0 Å². The lowest BCUT2D eigenvalue weighted by atomic mass is 9.92. The Hall–Kier alpha value is -1.92. The van der Waals surface area contributed by atoms with Crippen LogP contribution >= 0.6 is 0 Å². The third-order valence-electron chi connectivity index (χ3n) is 5.22. The lowest BCUT2D eigenvalue weighted by molar-refractivity contribution is -0.0430. The van der Waals surface area contributed by atoms with Crippen LogP contribution in [0.25, 0.3) is 5.52 Å². The number of hydrogen-bond acceptors (Lipinski definition) is 4. The van der Waals surface area contributed by atoms with E-state index in [4.69, 9.17) is 0 Å². The Bertz CT molecular complexity index is 737. The summed E-state index contributed by atoms with van der Waals surface area (Å²) >= 11 is 0. The molecule has 2 aromatic heterocycles. The zero-order valence-corrected chi connectivity index (χ0v) is 13.9. The third kappa shape index (κ3) is 2.91. The molecule has 0 spiro atoms. The molecule has 0 saturated carbocycles. The summed E-state index contributed by atoms with van der Waals surface area (Å²) in [6.07, 6.45) is 7.50. The van der Waals surface area contributed by atoms with Gasteiger partial charge in [-0.25, -0.2) is 4.52 Å². The second kappa shape index (κ2) is 6.18. The maximum absolute atomic E-state index is 12.9. The molecule has 4 rings (SSSR count). The van der Waals surface area contributed by atoms with Crippen molar-refractivity contribution in [2.45, 2.75) is 31.3 Å². The molecule has 128 valence electrons. The molecular formula is C18H24N4O2. The van der Waals surface area contributed by atoms with E-state index in [1.807, 2.05) is 24.4 Å². The van der Waals surface area contributed by atoms with Crippen molar-refractivity contribution in [1.82, 2.24) is 19.4 Å². The van der Waals surface area contributed by atoms with E-state index in [0.29, 0.717) is 25.2 Å². The molecule has 0 radical (unpaired) electrons. The van der Waals surface area contributed by atoms with Gasteiger partial charge in [0, 0.05) is 19.3 Å². The molecule has 2 aliphatic heterocycles. The number of pyridine rings is 1. The first kappa shape index (κ1) is 15.6. The number of aliphatic hydroxyl groups is 1. The number of hydrogen-bond donors (Lipinski definition) is 1. The highest BCUT2D eigenvalue weighted by atomic mass is 16.3. The number of β-amino-alcohol motifs (C(OH)–C–C–N with tert-alkyl or cyclic N) is 1. The fraction of sp³-hybridized carbons (Fsp3) is 0.556. The van der Waals surface area contributed by atoms with Crippen LogP contribution in [0.1, 0.15) is 36.0 Å². The summed E-state index contributed by atoms with van der Waals surface area (Å²) in [7, 11) is 0. The number of amides is 1. The molecule has 6 heteroatoms.